The van der Waals surface area contributed by atoms with Gasteiger partial charge in [-0.3, -0.25) is 0 Å². The van der Waals surface area contributed by atoms with Crippen LogP contribution in [0.4, 0.5) is 5.69 Å². The third-order valence-electron chi connectivity index (χ3n) is 2.84. The van der Waals surface area contributed by atoms with Crippen molar-refractivity contribution in [3.63, 3.8) is 0 Å². The first-order chi connectivity index (χ1) is 8.10. The first kappa shape index (κ1) is 12.6. The summed E-state index contributed by atoms with van der Waals surface area (Å²) in [7, 11) is 0. The molecule has 4 heteroatoms. The van der Waals surface area contributed by atoms with Crippen LogP contribution in [0, 0.1) is 11.3 Å². The Hall–Kier alpha value is -0.850. The number of hydrogen-bond acceptors (Lipinski definition) is 3. The Bertz CT molecular complexity index is 445. The number of nitrogens with zero attached hydrogens (tertiary/aromatic N) is 2. The molecular weight excluding hydrogens is 252 g/mol. The molecule has 0 saturated carbocycles. The lowest BCUT2D eigenvalue weighted by atomic mass is 10.1. The van der Waals surface area contributed by atoms with Crippen LogP contribution < -0.4 is 4.90 Å². The summed E-state index contributed by atoms with van der Waals surface area (Å²) in [4.78, 5) is 2.29. The highest BCUT2D eigenvalue weighted by Gasteiger charge is 2.23. The number of nitriles is 1. The Kier molecular flexibility index (Phi) is 3.86. The van der Waals surface area contributed by atoms with Crippen LogP contribution in [0.3, 0.4) is 0 Å². The van der Waals surface area contributed by atoms with Gasteiger partial charge < -0.3 is 4.90 Å². The predicted octanol–water partition coefficient (Wildman–Crippen LogP) is 3.54. The maximum atomic E-state index is 9.16. The van der Waals surface area contributed by atoms with E-state index in [1.54, 1.807) is 6.07 Å². The third kappa shape index (κ3) is 2.88. The van der Waals surface area contributed by atoms with Gasteiger partial charge >= 0.3 is 0 Å². The summed E-state index contributed by atoms with van der Waals surface area (Å²) >= 11 is 7.92. The van der Waals surface area contributed by atoms with Crippen molar-refractivity contribution in [1.29, 1.82) is 5.26 Å². The van der Waals surface area contributed by atoms with Crippen molar-refractivity contribution in [3.8, 4) is 6.07 Å². The smallest absolute Gasteiger partial charge is 0.101 e. The second kappa shape index (κ2) is 5.20. The SMILES string of the molecule is CC1CN(c2ccc(Cl)cc2C#N)CC(C)S1. The van der Waals surface area contributed by atoms with Crippen molar-refractivity contribution in [2.45, 2.75) is 24.3 Å². The maximum absolute atomic E-state index is 9.16. The monoisotopic (exact) mass is 266 g/mol. The van der Waals surface area contributed by atoms with E-state index in [0.29, 0.717) is 21.1 Å². The Labute approximate surface area is 112 Å². The average molecular weight is 267 g/mol. The molecule has 90 valence electrons. The van der Waals surface area contributed by atoms with Gasteiger partial charge in [-0.2, -0.15) is 17.0 Å². The highest BCUT2D eigenvalue weighted by atomic mass is 35.5. The number of rotatable bonds is 1. The standard InChI is InChI=1S/C13H15ClN2S/c1-9-7-16(8-10(2)17-9)13-4-3-12(14)5-11(13)6-15/h3-5,9-10H,7-8H2,1-2H3. The molecule has 0 amide bonds. The van der Waals surface area contributed by atoms with E-state index in [1.807, 2.05) is 23.9 Å². The fourth-order valence-electron chi connectivity index (χ4n) is 2.25. The molecule has 1 saturated heterocycles. The van der Waals surface area contributed by atoms with E-state index in [9.17, 15) is 0 Å². The molecule has 17 heavy (non-hydrogen) atoms. The zero-order chi connectivity index (χ0) is 12.4. The topological polar surface area (TPSA) is 27.0 Å². The molecule has 2 rings (SSSR count). The second-order valence-electron chi connectivity index (χ2n) is 4.44. The molecule has 0 radical (unpaired) electrons. The number of anilines is 1. The third-order valence-corrected chi connectivity index (χ3v) is 4.30. The summed E-state index contributed by atoms with van der Waals surface area (Å²) in [6.07, 6.45) is 0. The molecule has 0 bridgehead atoms. The molecule has 2 nitrogen and oxygen atoms in total. The molecule has 0 spiro atoms. The summed E-state index contributed by atoms with van der Waals surface area (Å²) in [5, 5.41) is 11.0. The molecule has 1 aliphatic heterocycles. The molecule has 1 aromatic rings. The van der Waals surface area contributed by atoms with Gasteiger partial charge in [0, 0.05) is 28.6 Å². The molecular formula is C13H15ClN2S. The van der Waals surface area contributed by atoms with Crippen LogP contribution >= 0.6 is 23.4 Å². The fraction of sp³-hybridized carbons (Fsp3) is 0.462. The Morgan fingerprint density at radius 3 is 2.59 bits per heavy atom. The minimum Gasteiger partial charge on any atom is -0.368 e. The van der Waals surface area contributed by atoms with E-state index in [2.05, 4.69) is 24.8 Å². The second-order valence-corrected chi connectivity index (χ2v) is 6.75. The van der Waals surface area contributed by atoms with Crippen molar-refractivity contribution in [3.05, 3.63) is 28.8 Å². The Balaban J connectivity index is 2.30. The molecule has 1 heterocycles. The Morgan fingerprint density at radius 1 is 1.35 bits per heavy atom. The van der Waals surface area contributed by atoms with Crippen LogP contribution in [0.15, 0.2) is 18.2 Å². The number of benzene rings is 1. The van der Waals surface area contributed by atoms with Crippen LogP contribution in [0.1, 0.15) is 19.4 Å². The van der Waals surface area contributed by atoms with Gasteiger partial charge in [-0.15, -0.1) is 0 Å². The van der Waals surface area contributed by atoms with Crippen LogP contribution in [-0.2, 0) is 0 Å². The van der Waals surface area contributed by atoms with Crippen molar-refractivity contribution in [1.82, 2.24) is 0 Å². The first-order valence-corrected chi connectivity index (χ1v) is 7.02. The first-order valence-electron chi connectivity index (χ1n) is 5.70. The summed E-state index contributed by atoms with van der Waals surface area (Å²) < 4.78 is 0. The van der Waals surface area contributed by atoms with Gasteiger partial charge in [0.2, 0.25) is 0 Å². The van der Waals surface area contributed by atoms with E-state index in [1.165, 1.54) is 0 Å². The average Bonchev–Trinajstić information content (AvgIpc) is 2.27. The molecule has 1 aromatic carbocycles. The fourth-order valence-corrected chi connectivity index (χ4v) is 3.75. The lowest BCUT2D eigenvalue weighted by molar-refractivity contribution is 0.727. The van der Waals surface area contributed by atoms with Crippen LogP contribution in [-0.4, -0.2) is 23.6 Å². The Morgan fingerprint density at radius 2 is 2.00 bits per heavy atom. The highest BCUT2D eigenvalue weighted by Crippen LogP contribution is 2.31. The van der Waals surface area contributed by atoms with Gasteiger partial charge in [0.25, 0.3) is 0 Å². The summed E-state index contributed by atoms with van der Waals surface area (Å²) in [5.74, 6) is 0. The van der Waals surface area contributed by atoms with E-state index in [0.717, 1.165) is 18.8 Å². The largest absolute Gasteiger partial charge is 0.368 e. The molecule has 0 aliphatic carbocycles. The molecule has 2 unspecified atom stereocenters. The summed E-state index contributed by atoms with van der Waals surface area (Å²) in [5.41, 5.74) is 1.68. The van der Waals surface area contributed by atoms with Crippen LogP contribution in [0.5, 0.6) is 0 Å². The van der Waals surface area contributed by atoms with Crippen molar-refractivity contribution in [2.24, 2.45) is 0 Å². The minimum absolute atomic E-state index is 0.598. The molecule has 1 fully saturated rings. The maximum Gasteiger partial charge on any atom is 0.101 e. The number of hydrogen-bond donors (Lipinski definition) is 0. The van der Waals surface area contributed by atoms with Crippen LogP contribution in [0.2, 0.25) is 5.02 Å². The lowest BCUT2D eigenvalue weighted by Crippen LogP contribution is -2.40. The van der Waals surface area contributed by atoms with Gasteiger partial charge in [0.1, 0.15) is 6.07 Å². The molecule has 0 N–H and O–H groups in total. The van der Waals surface area contributed by atoms with Gasteiger partial charge in [-0.25, -0.2) is 0 Å². The van der Waals surface area contributed by atoms with Crippen molar-refractivity contribution in [2.75, 3.05) is 18.0 Å². The van der Waals surface area contributed by atoms with Crippen molar-refractivity contribution < 1.29 is 0 Å². The molecule has 2 atom stereocenters. The molecule has 1 aliphatic rings. The van der Waals surface area contributed by atoms with E-state index < -0.39 is 0 Å². The molecule has 0 aromatic heterocycles. The van der Waals surface area contributed by atoms with Gasteiger partial charge in [0.05, 0.1) is 11.3 Å². The quantitative estimate of drug-likeness (QED) is 0.778. The zero-order valence-corrected chi connectivity index (χ0v) is 11.6. The zero-order valence-electron chi connectivity index (χ0n) is 9.98. The van der Waals surface area contributed by atoms with E-state index in [-0.39, 0.29) is 0 Å². The lowest BCUT2D eigenvalue weighted by Gasteiger charge is -2.36. The predicted molar refractivity (Wildman–Crippen MR) is 74.9 cm³/mol. The van der Waals surface area contributed by atoms with Gasteiger partial charge in [-0.05, 0) is 18.2 Å². The summed E-state index contributed by atoms with van der Waals surface area (Å²) in [6.45, 7) is 6.45. The summed E-state index contributed by atoms with van der Waals surface area (Å²) in [6, 6.07) is 7.79. The van der Waals surface area contributed by atoms with Gasteiger partial charge in [0.15, 0.2) is 0 Å². The number of thioether (sulfide) groups is 1. The van der Waals surface area contributed by atoms with E-state index in [4.69, 9.17) is 16.9 Å². The van der Waals surface area contributed by atoms with Crippen LogP contribution in [0.25, 0.3) is 0 Å². The normalized spacial score (nSPS) is 24.5. The highest BCUT2D eigenvalue weighted by molar-refractivity contribution is 8.00. The van der Waals surface area contributed by atoms with Gasteiger partial charge in [-0.1, -0.05) is 25.4 Å². The number of halogens is 1. The van der Waals surface area contributed by atoms with E-state index >= 15 is 0 Å². The van der Waals surface area contributed by atoms with Crippen molar-refractivity contribution >= 4 is 29.1 Å². The minimum atomic E-state index is 0.598.